The molecule has 2 aromatic carbocycles. The van der Waals surface area contributed by atoms with Crippen molar-refractivity contribution in [2.75, 3.05) is 0 Å². The second-order valence-corrected chi connectivity index (χ2v) is 5.70. The average Bonchev–Trinajstić information content (AvgIpc) is 2.58. The van der Waals surface area contributed by atoms with Crippen molar-refractivity contribution in [3.63, 3.8) is 0 Å². The van der Waals surface area contributed by atoms with E-state index in [1.165, 1.54) is 19.1 Å². The molecule has 0 spiro atoms. The van der Waals surface area contributed by atoms with Crippen molar-refractivity contribution in [1.29, 1.82) is 0 Å². The molecule has 6 heteroatoms. The highest BCUT2D eigenvalue weighted by molar-refractivity contribution is 6.30. The number of hydrogen-bond acceptors (Lipinski definition) is 3. The third-order valence-electron chi connectivity index (χ3n) is 3.68. The van der Waals surface area contributed by atoms with Crippen LogP contribution in [0.4, 0.5) is 0 Å². The normalized spacial score (nSPS) is 11.2. The lowest BCUT2D eigenvalue weighted by Gasteiger charge is -2.09. The SMILES string of the molecule is Cc1c(C(=O)C=Cc2cccc(Cl)c2)[n+]([O-])c2ccccc2[n+]1[O-]. The molecule has 1 heterocycles. The van der Waals surface area contributed by atoms with Crippen LogP contribution in [0.15, 0.2) is 54.6 Å². The smallest absolute Gasteiger partial charge is 0.333 e. The zero-order valence-corrected chi connectivity index (χ0v) is 13.5. The molecule has 0 amide bonds. The Balaban J connectivity index is 2.07. The van der Waals surface area contributed by atoms with Crippen LogP contribution in [0.2, 0.25) is 5.02 Å². The van der Waals surface area contributed by atoms with Crippen molar-refractivity contribution in [2.24, 2.45) is 0 Å². The molecule has 1 aromatic heterocycles. The minimum absolute atomic E-state index is 0.0597. The Morgan fingerprint density at radius 3 is 2.38 bits per heavy atom. The van der Waals surface area contributed by atoms with E-state index in [1.807, 2.05) is 0 Å². The van der Waals surface area contributed by atoms with E-state index < -0.39 is 5.78 Å². The first-order valence-corrected chi connectivity index (χ1v) is 7.59. The lowest BCUT2D eigenvalue weighted by Crippen LogP contribution is -2.46. The van der Waals surface area contributed by atoms with E-state index in [1.54, 1.807) is 48.5 Å². The van der Waals surface area contributed by atoms with Crippen molar-refractivity contribution in [2.45, 2.75) is 6.92 Å². The van der Waals surface area contributed by atoms with Crippen LogP contribution in [0.25, 0.3) is 17.1 Å². The second kappa shape index (κ2) is 6.29. The van der Waals surface area contributed by atoms with Gasteiger partial charge in [-0.05, 0) is 23.8 Å². The van der Waals surface area contributed by atoms with Crippen LogP contribution < -0.4 is 9.46 Å². The molecule has 0 bridgehead atoms. The first kappa shape index (κ1) is 16.0. The summed E-state index contributed by atoms with van der Waals surface area (Å²) in [5, 5.41) is 25.3. The van der Waals surface area contributed by atoms with Gasteiger partial charge in [-0.1, -0.05) is 41.9 Å². The molecule has 0 saturated carbocycles. The zero-order chi connectivity index (χ0) is 17.3. The van der Waals surface area contributed by atoms with E-state index in [9.17, 15) is 15.2 Å². The van der Waals surface area contributed by atoms with Crippen LogP contribution in [0.1, 0.15) is 21.7 Å². The van der Waals surface area contributed by atoms with Gasteiger partial charge in [-0.3, -0.25) is 4.79 Å². The number of halogens is 1. The monoisotopic (exact) mass is 340 g/mol. The molecule has 120 valence electrons. The molecule has 0 aliphatic carbocycles. The highest BCUT2D eigenvalue weighted by Crippen LogP contribution is 2.13. The maximum atomic E-state index is 12.5. The van der Waals surface area contributed by atoms with E-state index in [0.29, 0.717) is 14.5 Å². The van der Waals surface area contributed by atoms with Crippen molar-refractivity contribution < 1.29 is 14.3 Å². The number of allylic oxidation sites excluding steroid dienone is 1. The molecule has 0 unspecified atom stereocenters. The van der Waals surface area contributed by atoms with Crippen LogP contribution in [0, 0.1) is 17.3 Å². The molecular weight excluding hydrogens is 328 g/mol. The topological polar surface area (TPSA) is 71.0 Å². The predicted octanol–water partition coefficient (Wildman–Crippen LogP) is 2.96. The average molecular weight is 341 g/mol. The molecule has 5 nitrogen and oxygen atoms in total. The maximum Gasteiger partial charge on any atom is 0.333 e. The highest BCUT2D eigenvalue weighted by atomic mass is 35.5. The standard InChI is InChI=1S/C18H13ClN2O3/c1-12-18(17(22)10-9-13-5-4-6-14(19)11-13)21(24)16-8-3-2-7-15(16)20(12)23/h2-11H,1H3. The fourth-order valence-corrected chi connectivity index (χ4v) is 2.69. The lowest BCUT2D eigenvalue weighted by molar-refractivity contribution is -0.635. The summed E-state index contributed by atoms with van der Waals surface area (Å²) in [5.41, 5.74) is 0.964. The van der Waals surface area contributed by atoms with Crippen LogP contribution in [-0.2, 0) is 0 Å². The van der Waals surface area contributed by atoms with Crippen LogP contribution in [0.5, 0.6) is 0 Å². The van der Waals surface area contributed by atoms with E-state index in [-0.39, 0.29) is 22.4 Å². The van der Waals surface area contributed by atoms with Crippen LogP contribution in [0.3, 0.4) is 0 Å². The molecule has 24 heavy (non-hydrogen) atoms. The molecule has 0 radical (unpaired) electrons. The number of carbonyl (C=O) groups excluding carboxylic acids is 1. The summed E-state index contributed by atoms with van der Waals surface area (Å²) in [6, 6.07) is 13.3. The highest BCUT2D eigenvalue weighted by Gasteiger charge is 2.28. The summed E-state index contributed by atoms with van der Waals surface area (Å²) >= 11 is 5.90. The Kier molecular flexibility index (Phi) is 4.18. The van der Waals surface area contributed by atoms with Gasteiger partial charge in [0.2, 0.25) is 0 Å². The minimum Gasteiger partial charge on any atom is -0.618 e. The molecule has 0 saturated heterocycles. The number of fused-ring (bicyclic) bond motifs is 1. The van der Waals surface area contributed by atoms with Crippen LogP contribution in [-0.4, -0.2) is 5.78 Å². The maximum absolute atomic E-state index is 12.5. The summed E-state index contributed by atoms with van der Waals surface area (Å²) in [6.45, 7) is 1.45. The molecule has 3 aromatic rings. The molecule has 0 aliphatic rings. The molecule has 0 N–H and O–H groups in total. The van der Waals surface area contributed by atoms with Crippen molar-refractivity contribution in [3.05, 3.63) is 87.0 Å². The van der Waals surface area contributed by atoms with Gasteiger partial charge in [0.25, 0.3) is 22.5 Å². The third-order valence-corrected chi connectivity index (χ3v) is 3.91. The summed E-state index contributed by atoms with van der Waals surface area (Å²) < 4.78 is 1.11. The molecule has 0 aliphatic heterocycles. The quantitative estimate of drug-likeness (QED) is 0.318. The first-order valence-electron chi connectivity index (χ1n) is 7.21. The Labute approximate surface area is 143 Å². The molecule has 3 rings (SSSR count). The van der Waals surface area contributed by atoms with E-state index >= 15 is 0 Å². The third kappa shape index (κ3) is 2.81. The number of rotatable bonds is 3. The first-order chi connectivity index (χ1) is 11.5. The zero-order valence-electron chi connectivity index (χ0n) is 12.8. The lowest BCUT2D eigenvalue weighted by atomic mass is 10.1. The number of para-hydroxylation sites is 2. The van der Waals surface area contributed by atoms with Gasteiger partial charge in [-0.2, -0.15) is 9.46 Å². The largest absolute Gasteiger partial charge is 0.618 e. The van der Waals surface area contributed by atoms with Gasteiger partial charge in [-0.15, -0.1) is 0 Å². The molecular formula is C18H13ClN2O3. The van der Waals surface area contributed by atoms with Gasteiger partial charge in [0, 0.05) is 24.1 Å². The number of ketones is 1. The Hall–Kier alpha value is -2.92. The number of benzene rings is 2. The summed E-state index contributed by atoms with van der Waals surface area (Å²) in [7, 11) is 0. The predicted molar refractivity (Wildman–Crippen MR) is 91.4 cm³/mol. The number of nitrogens with zero attached hydrogens (tertiary/aromatic N) is 2. The van der Waals surface area contributed by atoms with Gasteiger partial charge in [0.1, 0.15) is 0 Å². The van der Waals surface area contributed by atoms with Gasteiger partial charge in [0.05, 0.1) is 0 Å². The second-order valence-electron chi connectivity index (χ2n) is 5.26. The van der Waals surface area contributed by atoms with Gasteiger partial charge in [0.15, 0.2) is 0 Å². The van der Waals surface area contributed by atoms with E-state index in [2.05, 4.69) is 0 Å². The number of hydrogen-bond donors (Lipinski definition) is 0. The van der Waals surface area contributed by atoms with Gasteiger partial charge >= 0.3 is 5.69 Å². The van der Waals surface area contributed by atoms with E-state index in [4.69, 9.17) is 11.6 Å². The Bertz CT molecular complexity index is 983. The fourth-order valence-electron chi connectivity index (χ4n) is 2.49. The van der Waals surface area contributed by atoms with Gasteiger partial charge < -0.3 is 10.4 Å². The van der Waals surface area contributed by atoms with E-state index in [0.717, 1.165) is 5.56 Å². The van der Waals surface area contributed by atoms with Gasteiger partial charge in [-0.25, -0.2) is 0 Å². The van der Waals surface area contributed by atoms with Crippen molar-refractivity contribution >= 4 is 34.5 Å². The molecule has 0 atom stereocenters. The van der Waals surface area contributed by atoms with Crippen LogP contribution >= 0.6 is 11.6 Å². The molecule has 0 fully saturated rings. The summed E-state index contributed by atoms with van der Waals surface area (Å²) in [6.07, 6.45) is 2.81. The summed E-state index contributed by atoms with van der Waals surface area (Å²) in [5.74, 6) is -0.544. The van der Waals surface area contributed by atoms with Crippen molar-refractivity contribution in [1.82, 2.24) is 0 Å². The summed E-state index contributed by atoms with van der Waals surface area (Å²) in [4.78, 5) is 12.4. The van der Waals surface area contributed by atoms with Crippen molar-refractivity contribution in [3.8, 4) is 0 Å². The fraction of sp³-hybridized carbons (Fsp3) is 0.0556. The number of carbonyl (C=O) groups is 1. The number of aromatic nitrogens is 2. The minimum atomic E-state index is -0.544. The Morgan fingerprint density at radius 1 is 1.04 bits per heavy atom. The Morgan fingerprint density at radius 2 is 1.71 bits per heavy atom.